The van der Waals surface area contributed by atoms with Crippen molar-refractivity contribution in [2.75, 3.05) is 14.1 Å². The van der Waals surface area contributed by atoms with Gasteiger partial charge in [-0.3, -0.25) is 9.59 Å². The maximum absolute atomic E-state index is 12.3. The molecule has 0 atom stereocenters. The fraction of sp³-hybridized carbons (Fsp3) is 0.250. The summed E-state index contributed by atoms with van der Waals surface area (Å²) in [5.41, 5.74) is 5.87. The number of benzene rings is 1. The van der Waals surface area contributed by atoms with E-state index in [1.165, 1.54) is 0 Å². The number of aldehydes is 1. The number of hydrogen-bond acceptors (Lipinski definition) is 3. The standard InChI is InChI=1S/C20H21N3O2/c1-13-5-7-15(8-6-13)20-17(10-19(25)22(3)4)23-11-14(2)16(12-24)9-18(23)21-20/h5-9,11-12H,10H2,1-4H3. The van der Waals surface area contributed by atoms with E-state index in [9.17, 15) is 9.59 Å². The molecular weight excluding hydrogens is 314 g/mol. The number of hydrogen-bond donors (Lipinski definition) is 0. The molecule has 0 bridgehead atoms. The van der Waals surface area contributed by atoms with Crippen LogP contribution in [0.3, 0.4) is 0 Å². The number of carbonyl (C=O) groups is 2. The lowest BCUT2D eigenvalue weighted by atomic mass is 10.1. The number of nitrogens with zero attached hydrogens (tertiary/aromatic N) is 3. The van der Waals surface area contributed by atoms with Crippen molar-refractivity contribution in [1.29, 1.82) is 0 Å². The highest BCUT2D eigenvalue weighted by molar-refractivity contribution is 5.83. The van der Waals surface area contributed by atoms with Gasteiger partial charge in [0.15, 0.2) is 6.29 Å². The zero-order chi connectivity index (χ0) is 18.1. The molecule has 0 N–H and O–H groups in total. The summed E-state index contributed by atoms with van der Waals surface area (Å²) in [7, 11) is 3.49. The number of amides is 1. The van der Waals surface area contributed by atoms with Gasteiger partial charge in [-0.2, -0.15) is 0 Å². The Bertz CT molecular complexity index is 953. The highest BCUT2D eigenvalue weighted by atomic mass is 16.2. The lowest BCUT2D eigenvalue weighted by Crippen LogP contribution is -2.24. The molecule has 128 valence electrons. The fourth-order valence-electron chi connectivity index (χ4n) is 2.79. The highest BCUT2D eigenvalue weighted by Crippen LogP contribution is 2.27. The van der Waals surface area contributed by atoms with Crippen molar-refractivity contribution in [3.63, 3.8) is 0 Å². The number of rotatable bonds is 4. The molecule has 5 nitrogen and oxygen atoms in total. The molecule has 0 radical (unpaired) electrons. The van der Waals surface area contributed by atoms with Crippen molar-refractivity contribution in [3.05, 3.63) is 58.9 Å². The first kappa shape index (κ1) is 16.9. The third-order valence-corrected chi connectivity index (χ3v) is 4.37. The van der Waals surface area contributed by atoms with Gasteiger partial charge in [0.2, 0.25) is 5.91 Å². The number of likely N-dealkylation sites (N-methyl/N-ethyl adjacent to an activating group) is 1. The van der Waals surface area contributed by atoms with Crippen molar-refractivity contribution in [3.8, 4) is 11.3 Å². The van der Waals surface area contributed by atoms with Gasteiger partial charge in [0, 0.05) is 31.4 Å². The number of pyridine rings is 1. The number of aryl methyl sites for hydroxylation is 2. The first-order valence-electron chi connectivity index (χ1n) is 8.14. The molecule has 0 fully saturated rings. The van der Waals surface area contributed by atoms with Gasteiger partial charge < -0.3 is 9.30 Å². The molecule has 2 heterocycles. The van der Waals surface area contributed by atoms with Crippen molar-refractivity contribution < 1.29 is 9.59 Å². The van der Waals surface area contributed by atoms with Gasteiger partial charge in [0.25, 0.3) is 0 Å². The molecule has 0 unspecified atom stereocenters. The van der Waals surface area contributed by atoms with E-state index in [4.69, 9.17) is 4.98 Å². The van der Waals surface area contributed by atoms with Gasteiger partial charge >= 0.3 is 0 Å². The molecule has 3 aromatic rings. The van der Waals surface area contributed by atoms with Crippen LogP contribution in [-0.2, 0) is 11.2 Å². The Kier molecular flexibility index (Phi) is 4.40. The van der Waals surface area contributed by atoms with E-state index in [0.717, 1.165) is 34.4 Å². The largest absolute Gasteiger partial charge is 0.348 e. The van der Waals surface area contributed by atoms with Crippen molar-refractivity contribution in [2.24, 2.45) is 0 Å². The summed E-state index contributed by atoms with van der Waals surface area (Å²) < 4.78 is 1.92. The van der Waals surface area contributed by atoms with Crippen LogP contribution in [0.1, 0.15) is 27.2 Å². The fourth-order valence-corrected chi connectivity index (χ4v) is 2.79. The normalized spacial score (nSPS) is 10.9. The maximum atomic E-state index is 12.3. The molecule has 0 aliphatic carbocycles. The number of aromatic nitrogens is 2. The maximum Gasteiger partial charge on any atom is 0.228 e. The van der Waals surface area contributed by atoms with E-state index in [0.29, 0.717) is 11.2 Å². The number of carbonyl (C=O) groups excluding carboxylic acids is 2. The van der Waals surface area contributed by atoms with E-state index in [-0.39, 0.29) is 12.3 Å². The highest BCUT2D eigenvalue weighted by Gasteiger charge is 2.19. The van der Waals surface area contributed by atoms with Crippen LogP contribution < -0.4 is 0 Å². The van der Waals surface area contributed by atoms with Gasteiger partial charge in [-0.25, -0.2) is 4.98 Å². The Labute approximate surface area is 146 Å². The average molecular weight is 335 g/mol. The number of imidazole rings is 1. The molecule has 0 spiro atoms. The van der Waals surface area contributed by atoms with Crippen LogP contribution in [0.25, 0.3) is 16.9 Å². The van der Waals surface area contributed by atoms with Gasteiger partial charge in [-0.1, -0.05) is 29.8 Å². The van der Waals surface area contributed by atoms with Crippen LogP contribution in [0.5, 0.6) is 0 Å². The lowest BCUT2D eigenvalue weighted by Gasteiger charge is -2.12. The summed E-state index contributed by atoms with van der Waals surface area (Å²) in [6.07, 6.45) is 2.96. The topological polar surface area (TPSA) is 54.7 Å². The summed E-state index contributed by atoms with van der Waals surface area (Å²) in [6.45, 7) is 3.91. The summed E-state index contributed by atoms with van der Waals surface area (Å²) in [4.78, 5) is 29.9. The Morgan fingerprint density at radius 1 is 1.20 bits per heavy atom. The Balaban J connectivity index is 2.24. The summed E-state index contributed by atoms with van der Waals surface area (Å²) in [5, 5.41) is 0. The monoisotopic (exact) mass is 335 g/mol. The van der Waals surface area contributed by atoms with Crippen LogP contribution in [0.4, 0.5) is 0 Å². The second-order valence-electron chi connectivity index (χ2n) is 6.50. The molecule has 25 heavy (non-hydrogen) atoms. The minimum Gasteiger partial charge on any atom is -0.348 e. The number of fused-ring (bicyclic) bond motifs is 1. The smallest absolute Gasteiger partial charge is 0.228 e. The van der Waals surface area contributed by atoms with Gasteiger partial charge in [-0.15, -0.1) is 0 Å². The third-order valence-electron chi connectivity index (χ3n) is 4.37. The first-order chi connectivity index (χ1) is 11.9. The second kappa shape index (κ2) is 6.51. The Morgan fingerprint density at radius 3 is 2.48 bits per heavy atom. The zero-order valence-corrected chi connectivity index (χ0v) is 14.9. The lowest BCUT2D eigenvalue weighted by molar-refractivity contribution is -0.128. The first-order valence-corrected chi connectivity index (χ1v) is 8.14. The van der Waals surface area contributed by atoms with E-state index in [1.807, 2.05) is 48.7 Å². The van der Waals surface area contributed by atoms with Crippen LogP contribution in [0.2, 0.25) is 0 Å². The van der Waals surface area contributed by atoms with Crippen LogP contribution >= 0.6 is 0 Å². The van der Waals surface area contributed by atoms with Crippen LogP contribution in [0, 0.1) is 13.8 Å². The predicted octanol–water partition coefficient (Wildman–Crippen LogP) is 3.06. The van der Waals surface area contributed by atoms with E-state index in [1.54, 1.807) is 25.1 Å². The van der Waals surface area contributed by atoms with Crippen molar-refractivity contribution in [1.82, 2.24) is 14.3 Å². The zero-order valence-electron chi connectivity index (χ0n) is 14.9. The molecule has 0 aliphatic heterocycles. The van der Waals surface area contributed by atoms with E-state index < -0.39 is 0 Å². The Morgan fingerprint density at radius 2 is 1.88 bits per heavy atom. The summed E-state index contributed by atoms with van der Waals surface area (Å²) in [6, 6.07) is 9.84. The van der Waals surface area contributed by atoms with Crippen molar-refractivity contribution >= 4 is 17.8 Å². The van der Waals surface area contributed by atoms with Gasteiger partial charge in [-0.05, 0) is 25.5 Å². The minimum absolute atomic E-state index is 0.00674. The molecule has 1 amide bonds. The van der Waals surface area contributed by atoms with E-state index >= 15 is 0 Å². The SMILES string of the molecule is Cc1ccc(-c2nc3cc(C=O)c(C)cn3c2CC(=O)N(C)C)cc1. The quantitative estimate of drug-likeness (QED) is 0.689. The molecule has 0 saturated carbocycles. The molecular formula is C20H21N3O2. The molecule has 3 rings (SSSR count). The molecule has 1 aromatic carbocycles. The molecule has 0 aliphatic rings. The molecule has 5 heteroatoms. The minimum atomic E-state index is 0.00674. The predicted molar refractivity (Wildman–Crippen MR) is 97.9 cm³/mol. The second-order valence-corrected chi connectivity index (χ2v) is 6.50. The third kappa shape index (κ3) is 3.18. The Hall–Kier alpha value is -2.95. The summed E-state index contributed by atoms with van der Waals surface area (Å²) >= 11 is 0. The van der Waals surface area contributed by atoms with Crippen LogP contribution in [-0.4, -0.2) is 40.6 Å². The average Bonchev–Trinajstić information content (AvgIpc) is 2.92. The van der Waals surface area contributed by atoms with E-state index in [2.05, 4.69) is 0 Å². The molecule has 2 aromatic heterocycles. The van der Waals surface area contributed by atoms with Gasteiger partial charge in [0.05, 0.1) is 17.8 Å². The summed E-state index contributed by atoms with van der Waals surface area (Å²) in [5.74, 6) is 0.00674. The van der Waals surface area contributed by atoms with Crippen molar-refractivity contribution in [2.45, 2.75) is 20.3 Å². The van der Waals surface area contributed by atoms with Gasteiger partial charge in [0.1, 0.15) is 5.65 Å². The van der Waals surface area contributed by atoms with Crippen LogP contribution in [0.15, 0.2) is 36.5 Å². The molecule has 0 saturated heterocycles.